The van der Waals surface area contributed by atoms with Crippen molar-refractivity contribution in [3.63, 3.8) is 0 Å². The van der Waals surface area contributed by atoms with Gasteiger partial charge in [-0.1, -0.05) is 13.5 Å². The van der Waals surface area contributed by atoms with Gasteiger partial charge in [-0.3, -0.25) is 0 Å². The van der Waals surface area contributed by atoms with Crippen LogP contribution in [0.15, 0.2) is 12.2 Å². The lowest BCUT2D eigenvalue weighted by atomic mass is 10.1. The highest BCUT2D eigenvalue weighted by atomic mass is 16.6. The van der Waals surface area contributed by atoms with Gasteiger partial charge in [-0.05, 0) is 27.2 Å². The lowest BCUT2D eigenvalue weighted by Gasteiger charge is -2.23. The number of alkyl carbamates (subject to hydrolysis) is 1. The van der Waals surface area contributed by atoms with Gasteiger partial charge in [0.15, 0.2) is 0 Å². The molecule has 0 aromatic carbocycles. The van der Waals surface area contributed by atoms with Crippen LogP contribution in [0.1, 0.15) is 34.1 Å². The Balaban J connectivity index is 4.46. The molecule has 1 N–H and O–H groups in total. The van der Waals surface area contributed by atoms with E-state index in [1.54, 1.807) is 20.8 Å². The Kier molecular flexibility index (Phi) is 5.71. The van der Waals surface area contributed by atoms with E-state index in [9.17, 15) is 9.59 Å². The van der Waals surface area contributed by atoms with Crippen molar-refractivity contribution in [3.8, 4) is 0 Å². The molecule has 98 valence electrons. The average molecular weight is 243 g/mol. The fourth-order valence-corrected chi connectivity index (χ4v) is 1.16. The summed E-state index contributed by atoms with van der Waals surface area (Å²) in [5.74, 6) is -0.534. The summed E-state index contributed by atoms with van der Waals surface area (Å²) in [5, 5.41) is 2.58. The van der Waals surface area contributed by atoms with Crippen molar-refractivity contribution >= 4 is 12.1 Å². The molecule has 5 heteroatoms. The van der Waals surface area contributed by atoms with Crippen LogP contribution in [0.2, 0.25) is 0 Å². The van der Waals surface area contributed by atoms with E-state index in [-0.39, 0.29) is 5.57 Å². The van der Waals surface area contributed by atoms with Gasteiger partial charge in [0, 0.05) is 0 Å². The molecule has 0 aromatic rings. The lowest BCUT2D eigenvalue weighted by Crippen LogP contribution is -2.41. The van der Waals surface area contributed by atoms with Crippen LogP contribution in [0.5, 0.6) is 0 Å². The molecule has 1 atom stereocenters. The second-order valence-electron chi connectivity index (χ2n) is 4.62. The summed E-state index contributed by atoms with van der Waals surface area (Å²) in [6, 6.07) is -0.475. The summed E-state index contributed by atoms with van der Waals surface area (Å²) < 4.78 is 9.64. The van der Waals surface area contributed by atoms with E-state index in [0.717, 1.165) is 0 Å². The third-order valence-corrected chi connectivity index (χ3v) is 1.97. The number of ether oxygens (including phenoxy) is 2. The SMILES string of the molecule is C=C(C(=O)OC)[C@@H](CC)NC(=O)OC(C)(C)C. The van der Waals surface area contributed by atoms with Crippen molar-refractivity contribution in [1.29, 1.82) is 0 Å². The molecule has 0 unspecified atom stereocenters. The highest BCUT2D eigenvalue weighted by Gasteiger charge is 2.23. The van der Waals surface area contributed by atoms with Gasteiger partial charge >= 0.3 is 12.1 Å². The van der Waals surface area contributed by atoms with E-state index >= 15 is 0 Å². The van der Waals surface area contributed by atoms with E-state index < -0.39 is 23.7 Å². The van der Waals surface area contributed by atoms with Crippen LogP contribution in [-0.2, 0) is 14.3 Å². The molecule has 0 fully saturated rings. The number of amides is 1. The maximum Gasteiger partial charge on any atom is 0.408 e. The Morgan fingerprint density at radius 1 is 1.35 bits per heavy atom. The zero-order valence-electron chi connectivity index (χ0n) is 11.1. The highest BCUT2D eigenvalue weighted by Crippen LogP contribution is 2.10. The molecule has 0 aliphatic heterocycles. The van der Waals surface area contributed by atoms with Gasteiger partial charge < -0.3 is 14.8 Å². The van der Waals surface area contributed by atoms with Crippen LogP contribution in [0.3, 0.4) is 0 Å². The summed E-state index contributed by atoms with van der Waals surface area (Å²) >= 11 is 0. The molecule has 0 saturated carbocycles. The maximum atomic E-state index is 11.5. The molecule has 0 aliphatic carbocycles. The van der Waals surface area contributed by atoms with E-state index in [0.29, 0.717) is 6.42 Å². The van der Waals surface area contributed by atoms with Crippen LogP contribution in [0.4, 0.5) is 4.79 Å². The average Bonchev–Trinajstić information content (AvgIpc) is 2.21. The van der Waals surface area contributed by atoms with Gasteiger partial charge in [0.25, 0.3) is 0 Å². The number of rotatable bonds is 4. The van der Waals surface area contributed by atoms with Gasteiger partial charge in [0.05, 0.1) is 18.7 Å². The molecule has 0 radical (unpaired) electrons. The van der Waals surface area contributed by atoms with Crippen LogP contribution < -0.4 is 5.32 Å². The van der Waals surface area contributed by atoms with Gasteiger partial charge in [-0.2, -0.15) is 0 Å². The van der Waals surface area contributed by atoms with E-state index in [2.05, 4.69) is 16.6 Å². The number of hydrogen-bond acceptors (Lipinski definition) is 4. The Hall–Kier alpha value is -1.52. The second-order valence-corrected chi connectivity index (χ2v) is 4.62. The summed E-state index contributed by atoms with van der Waals surface area (Å²) in [4.78, 5) is 22.8. The second kappa shape index (κ2) is 6.27. The molecule has 0 aliphatic rings. The first-order valence-electron chi connectivity index (χ1n) is 5.48. The normalized spacial score (nSPS) is 12.5. The zero-order chi connectivity index (χ0) is 13.6. The molecular weight excluding hydrogens is 222 g/mol. The van der Waals surface area contributed by atoms with Crippen molar-refractivity contribution in [2.24, 2.45) is 0 Å². The molecular formula is C12H21NO4. The van der Waals surface area contributed by atoms with Crippen molar-refractivity contribution in [3.05, 3.63) is 12.2 Å². The highest BCUT2D eigenvalue weighted by molar-refractivity contribution is 5.89. The summed E-state index contributed by atoms with van der Waals surface area (Å²) in [7, 11) is 1.27. The minimum atomic E-state index is -0.575. The molecule has 0 bridgehead atoms. The fourth-order valence-electron chi connectivity index (χ4n) is 1.16. The van der Waals surface area contributed by atoms with Gasteiger partial charge in [0.2, 0.25) is 0 Å². The number of methoxy groups -OCH3 is 1. The number of nitrogens with one attached hydrogen (secondary N) is 1. The number of esters is 1. The number of carbonyl (C=O) groups excluding carboxylic acids is 2. The smallest absolute Gasteiger partial charge is 0.408 e. The maximum absolute atomic E-state index is 11.5. The molecule has 5 nitrogen and oxygen atoms in total. The van der Waals surface area contributed by atoms with E-state index in [1.807, 2.05) is 6.92 Å². The molecule has 0 spiro atoms. The Morgan fingerprint density at radius 3 is 2.24 bits per heavy atom. The van der Waals surface area contributed by atoms with E-state index in [1.165, 1.54) is 7.11 Å². The van der Waals surface area contributed by atoms with Crippen LogP contribution in [-0.4, -0.2) is 30.8 Å². The summed E-state index contributed by atoms with van der Waals surface area (Å²) in [5.41, 5.74) is -0.365. The predicted octanol–water partition coefficient (Wildman–Crippen LogP) is 2.02. The standard InChI is InChI=1S/C12H21NO4/c1-7-9(8(2)10(14)16-6)13-11(15)17-12(3,4)5/h9H,2,7H2,1,3-6H3,(H,13,15)/t9-/m1/s1. The van der Waals surface area contributed by atoms with Crippen molar-refractivity contribution in [2.45, 2.75) is 45.8 Å². The summed E-state index contributed by atoms with van der Waals surface area (Å²) in [6.07, 6.45) is -0.0397. The third kappa shape index (κ3) is 5.94. The minimum Gasteiger partial charge on any atom is -0.466 e. The first-order chi connectivity index (χ1) is 7.71. The largest absolute Gasteiger partial charge is 0.466 e. The first-order valence-corrected chi connectivity index (χ1v) is 5.48. The Bertz CT molecular complexity index is 304. The molecule has 0 rings (SSSR count). The zero-order valence-corrected chi connectivity index (χ0v) is 11.1. The monoisotopic (exact) mass is 243 g/mol. The van der Waals surface area contributed by atoms with Gasteiger partial charge in [-0.25, -0.2) is 9.59 Å². The molecule has 17 heavy (non-hydrogen) atoms. The van der Waals surface area contributed by atoms with Gasteiger partial charge in [-0.15, -0.1) is 0 Å². The van der Waals surface area contributed by atoms with E-state index in [4.69, 9.17) is 4.74 Å². The Labute approximate surface area is 102 Å². The lowest BCUT2D eigenvalue weighted by molar-refractivity contribution is -0.136. The number of hydrogen-bond donors (Lipinski definition) is 1. The quantitative estimate of drug-likeness (QED) is 0.606. The van der Waals surface area contributed by atoms with Crippen LogP contribution in [0, 0.1) is 0 Å². The first kappa shape index (κ1) is 15.5. The molecule has 1 amide bonds. The van der Waals surface area contributed by atoms with Crippen LogP contribution >= 0.6 is 0 Å². The molecule has 0 aromatic heterocycles. The van der Waals surface area contributed by atoms with Crippen molar-refractivity contribution in [1.82, 2.24) is 5.32 Å². The molecule has 0 heterocycles. The number of carbonyl (C=O) groups is 2. The topological polar surface area (TPSA) is 64.6 Å². The van der Waals surface area contributed by atoms with Crippen molar-refractivity contribution in [2.75, 3.05) is 7.11 Å². The third-order valence-electron chi connectivity index (χ3n) is 1.97. The van der Waals surface area contributed by atoms with Crippen LogP contribution in [0.25, 0.3) is 0 Å². The van der Waals surface area contributed by atoms with Gasteiger partial charge in [0.1, 0.15) is 5.60 Å². The summed E-state index contributed by atoms with van der Waals surface area (Å²) in [6.45, 7) is 10.7. The fraction of sp³-hybridized carbons (Fsp3) is 0.667. The van der Waals surface area contributed by atoms with Crippen molar-refractivity contribution < 1.29 is 19.1 Å². The minimum absolute atomic E-state index is 0.209. The Morgan fingerprint density at radius 2 is 1.88 bits per heavy atom. The predicted molar refractivity (Wildman–Crippen MR) is 64.6 cm³/mol. The molecule has 0 saturated heterocycles.